The normalized spacial score (nSPS) is 16.2. The van der Waals surface area contributed by atoms with Gasteiger partial charge in [-0.2, -0.15) is 0 Å². The van der Waals surface area contributed by atoms with Crippen LogP contribution in [0.5, 0.6) is 0 Å². The summed E-state index contributed by atoms with van der Waals surface area (Å²) in [5.74, 6) is 1.65. The van der Waals surface area contributed by atoms with E-state index in [4.69, 9.17) is 0 Å². The van der Waals surface area contributed by atoms with Crippen LogP contribution in [0.4, 0.5) is 0 Å². The van der Waals surface area contributed by atoms with Crippen molar-refractivity contribution in [1.82, 2.24) is 15.5 Å². The number of amides is 1. The first-order chi connectivity index (χ1) is 10.5. The Hall–Kier alpha value is -0.530. The van der Waals surface area contributed by atoms with Gasteiger partial charge in [0.15, 0.2) is 5.96 Å². The van der Waals surface area contributed by atoms with Gasteiger partial charge in [-0.3, -0.25) is 4.79 Å². The Kier molecular flexibility index (Phi) is 12.5. The summed E-state index contributed by atoms with van der Waals surface area (Å²) >= 11 is 0. The molecule has 0 saturated carbocycles. The lowest BCUT2D eigenvalue weighted by Crippen LogP contribution is -2.43. The molecule has 1 aliphatic rings. The average molecular weight is 438 g/mol. The number of aliphatic imine (C=N–C) groups is 1. The molecule has 1 heterocycles. The van der Waals surface area contributed by atoms with E-state index >= 15 is 0 Å². The third-order valence-corrected chi connectivity index (χ3v) is 3.98. The maximum Gasteiger partial charge on any atom is 0.244 e. The van der Waals surface area contributed by atoms with Crippen LogP contribution in [0.2, 0.25) is 0 Å². The van der Waals surface area contributed by atoms with Gasteiger partial charge in [-0.15, -0.1) is 24.0 Å². The molecule has 1 atom stereocenters. The van der Waals surface area contributed by atoms with E-state index in [0.29, 0.717) is 6.04 Å². The monoisotopic (exact) mass is 438 g/mol. The van der Waals surface area contributed by atoms with Crippen LogP contribution >= 0.6 is 24.0 Å². The van der Waals surface area contributed by atoms with E-state index in [2.05, 4.69) is 36.4 Å². The van der Waals surface area contributed by atoms with E-state index in [0.717, 1.165) is 50.8 Å². The SMILES string of the molecule is CCNC(=NCC(=O)N1CCCC1)NC(C)CCCC(C)C.I. The number of hydrogen-bond acceptors (Lipinski definition) is 2. The van der Waals surface area contributed by atoms with Crippen LogP contribution < -0.4 is 10.6 Å². The zero-order valence-electron chi connectivity index (χ0n) is 15.2. The topological polar surface area (TPSA) is 56.7 Å². The van der Waals surface area contributed by atoms with Gasteiger partial charge in [0.25, 0.3) is 0 Å². The first kappa shape index (κ1) is 22.5. The Morgan fingerprint density at radius 1 is 1.17 bits per heavy atom. The number of rotatable bonds is 8. The Balaban J connectivity index is 0.00000484. The van der Waals surface area contributed by atoms with E-state index in [1.54, 1.807) is 0 Å². The number of halogens is 1. The van der Waals surface area contributed by atoms with E-state index in [9.17, 15) is 4.79 Å². The summed E-state index contributed by atoms with van der Waals surface area (Å²) in [6.45, 7) is 11.6. The minimum Gasteiger partial charge on any atom is -0.357 e. The van der Waals surface area contributed by atoms with Gasteiger partial charge in [0.05, 0.1) is 0 Å². The summed E-state index contributed by atoms with van der Waals surface area (Å²) in [7, 11) is 0. The number of guanidine groups is 1. The van der Waals surface area contributed by atoms with Crippen molar-refractivity contribution in [2.24, 2.45) is 10.9 Å². The summed E-state index contributed by atoms with van der Waals surface area (Å²) < 4.78 is 0. The number of nitrogens with zero attached hydrogens (tertiary/aromatic N) is 2. The third kappa shape index (κ3) is 10.0. The zero-order valence-corrected chi connectivity index (χ0v) is 17.6. The van der Waals surface area contributed by atoms with Crippen LogP contribution in [0.25, 0.3) is 0 Å². The Bertz CT molecular complexity index is 355. The predicted octanol–water partition coefficient (Wildman–Crippen LogP) is 3.00. The second-order valence-electron chi connectivity index (χ2n) is 6.65. The van der Waals surface area contributed by atoms with Gasteiger partial charge in [-0.05, 0) is 39.0 Å². The number of carbonyl (C=O) groups is 1. The largest absolute Gasteiger partial charge is 0.357 e. The van der Waals surface area contributed by atoms with Crippen molar-refractivity contribution < 1.29 is 4.79 Å². The van der Waals surface area contributed by atoms with Gasteiger partial charge in [0, 0.05) is 25.7 Å². The molecule has 136 valence electrons. The molecule has 0 spiro atoms. The van der Waals surface area contributed by atoms with E-state index in [1.807, 2.05) is 11.8 Å². The molecule has 1 aliphatic heterocycles. The summed E-state index contributed by atoms with van der Waals surface area (Å²) in [4.78, 5) is 18.4. The molecular formula is C17H35IN4O. The molecule has 1 amide bonds. The molecule has 0 aromatic carbocycles. The maximum atomic E-state index is 12.1. The van der Waals surface area contributed by atoms with Gasteiger partial charge in [-0.25, -0.2) is 4.99 Å². The highest BCUT2D eigenvalue weighted by molar-refractivity contribution is 14.0. The first-order valence-electron chi connectivity index (χ1n) is 8.85. The fourth-order valence-corrected chi connectivity index (χ4v) is 2.67. The fourth-order valence-electron chi connectivity index (χ4n) is 2.67. The van der Waals surface area contributed by atoms with E-state index in [-0.39, 0.29) is 36.4 Å². The van der Waals surface area contributed by atoms with Gasteiger partial charge < -0.3 is 15.5 Å². The molecule has 1 rings (SSSR count). The van der Waals surface area contributed by atoms with Crippen molar-refractivity contribution in [1.29, 1.82) is 0 Å². The van der Waals surface area contributed by atoms with Crippen LogP contribution in [0.1, 0.15) is 59.8 Å². The van der Waals surface area contributed by atoms with Gasteiger partial charge >= 0.3 is 0 Å². The minimum absolute atomic E-state index is 0. The molecule has 1 saturated heterocycles. The predicted molar refractivity (Wildman–Crippen MR) is 108 cm³/mol. The molecule has 2 N–H and O–H groups in total. The Morgan fingerprint density at radius 2 is 1.83 bits per heavy atom. The summed E-state index contributed by atoms with van der Waals surface area (Å²) in [5.41, 5.74) is 0. The molecule has 6 heteroatoms. The number of nitrogens with one attached hydrogen (secondary N) is 2. The van der Waals surface area contributed by atoms with Gasteiger partial charge in [0.2, 0.25) is 5.91 Å². The van der Waals surface area contributed by atoms with Crippen molar-refractivity contribution in [3.63, 3.8) is 0 Å². The maximum absolute atomic E-state index is 12.1. The first-order valence-corrected chi connectivity index (χ1v) is 8.85. The number of hydrogen-bond donors (Lipinski definition) is 2. The van der Waals surface area contributed by atoms with E-state index in [1.165, 1.54) is 12.8 Å². The van der Waals surface area contributed by atoms with Crippen LogP contribution in [-0.4, -0.2) is 49.0 Å². The quantitative estimate of drug-likeness (QED) is 0.348. The number of likely N-dealkylation sites (tertiary alicyclic amines) is 1. The highest BCUT2D eigenvalue weighted by atomic mass is 127. The minimum atomic E-state index is 0. The lowest BCUT2D eigenvalue weighted by Gasteiger charge is -2.19. The zero-order chi connectivity index (χ0) is 16.4. The molecule has 0 radical (unpaired) electrons. The van der Waals surface area contributed by atoms with Gasteiger partial charge in [0.1, 0.15) is 6.54 Å². The molecule has 0 aromatic heterocycles. The molecule has 0 aliphatic carbocycles. The lowest BCUT2D eigenvalue weighted by atomic mass is 10.0. The van der Waals surface area contributed by atoms with Crippen molar-refractivity contribution in [3.05, 3.63) is 0 Å². The van der Waals surface area contributed by atoms with Crippen LogP contribution in [0.3, 0.4) is 0 Å². The smallest absolute Gasteiger partial charge is 0.244 e. The summed E-state index contributed by atoms with van der Waals surface area (Å²) in [6.07, 6.45) is 5.86. The fraction of sp³-hybridized carbons (Fsp3) is 0.882. The van der Waals surface area contributed by atoms with Crippen LogP contribution in [0, 0.1) is 5.92 Å². The van der Waals surface area contributed by atoms with Crippen molar-refractivity contribution >= 4 is 35.8 Å². The third-order valence-electron chi connectivity index (χ3n) is 3.98. The standard InChI is InChI=1S/C17H34N4O.HI/c1-5-18-17(20-15(4)10-8-9-14(2)3)19-13-16(22)21-11-6-7-12-21;/h14-15H,5-13H2,1-4H3,(H2,18,19,20);1H. The summed E-state index contributed by atoms with van der Waals surface area (Å²) in [6, 6.07) is 0.374. The molecule has 5 nitrogen and oxygen atoms in total. The molecule has 1 unspecified atom stereocenters. The van der Waals surface area contributed by atoms with Crippen molar-refractivity contribution in [3.8, 4) is 0 Å². The van der Waals surface area contributed by atoms with E-state index < -0.39 is 0 Å². The number of carbonyl (C=O) groups excluding carboxylic acids is 1. The molecule has 0 aromatic rings. The van der Waals surface area contributed by atoms with Crippen molar-refractivity contribution in [2.75, 3.05) is 26.2 Å². The highest BCUT2D eigenvalue weighted by Crippen LogP contribution is 2.08. The Morgan fingerprint density at radius 3 is 2.39 bits per heavy atom. The second-order valence-corrected chi connectivity index (χ2v) is 6.65. The molecule has 1 fully saturated rings. The average Bonchev–Trinajstić information content (AvgIpc) is 2.98. The molecule has 23 heavy (non-hydrogen) atoms. The van der Waals surface area contributed by atoms with Crippen molar-refractivity contribution in [2.45, 2.75) is 65.8 Å². The second kappa shape index (κ2) is 12.8. The van der Waals surface area contributed by atoms with Crippen LogP contribution in [-0.2, 0) is 4.79 Å². The molecule has 0 bridgehead atoms. The Labute approximate surface area is 159 Å². The van der Waals surface area contributed by atoms with Gasteiger partial charge in [-0.1, -0.05) is 26.7 Å². The highest BCUT2D eigenvalue weighted by Gasteiger charge is 2.17. The van der Waals surface area contributed by atoms with Crippen LogP contribution in [0.15, 0.2) is 4.99 Å². The summed E-state index contributed by atoms with van der Waals surface area (Å²) in [5, 5.41) is 6.63. The molecular weight excluding hydrogens is 403 g/mol. The lowest BCUT2D eigenvalue weighted by molar-refractivity contribution is -0.128.